The molecule has 0 atom stereocenters. The standard InChI is InChI=1S/C14H10F2N2O2S/c1-18(13-5-3-2-4-10(13)9-17)21(19,20)14-8-11(15)6-7-12(14)16/h2-8H,1H3. The molecule has 0 N–H and O–H groups in total. The normalized spacial score (nSPS) is 11.0. The van der Waals surface area contributed by atoms with E-state index in [4.69, 9.17) is 5.26 Å². The van der Waals surface area contributed by atoms with E-state index in [0.29, 0.717) is 6.07 Å². The lowest BCUT2D eigenvalue weighted by Gasteiger charge is -2.20. The average Bonchev–Trinajstić information content (AvgIpc) is 2.48. The molecule has 0 heterocycles. The molecule has 0 radical (unpaired) electrons. The molecule has 2 aromatic rings. The van der Waals surface area contributed by atoms with Crippen molar-refractivity contribution in [2.24, 2.45) is 0 Å². The number of anilines is 1. The van der Waals surface area contributed by atoms with E-state index in [9.17, 15) is 17.2 Å². The van der Waals surface area contributed by atoms with Gasteiger partial charge in [-0.1, -0.05) is 12.1 Å². The third-order valence-electron chi connectivity index (χ3n) is 2.90. The second-order valence-corrected chi connectivity index (χ2v) is 6.11. The largest absolute Gasteiger partial charge is 0.268 e. The monoisotopic (exact) mass is 308 g/mol. The maximum Gasteiger partial charge on any atom is 0.267 e. The van der Waals surface area contributed by atoms with E-state index in [0.717, 1.165) is 16.4 Å². The number of sulfonamides is 1. The summed E-state index contributed by atoms with van der Waals surface area (Å²) in [6.07, 6.45) is 0. The van der Waals surface area contributed by atoms with Gasteiger partial charge in [-0.2, -0.15) is 5.26 Å². The molecule has 0 aliphatic carbocycles. The van der Waals surface area contributed by atoms with Crippen LogP contribution >= 0.6 is 0 Å². The third-order valence-corrected chi connectivity index (χ3v) is 4.68. The molecule has 4 nitrogen and oxygen atoms in total. The highest BCUT2D eigenvalue weighted by Gasteiger charge is 2.26. The maximum absolute atomic E-state index is 13.7. The Bertz CT molecular complexity index is 829. The molecule has 7 heteroatoms. The molecule has 0 saturated heterocycles. The molecule has 0 aromatic heterocycles. The number of hydrogen-bond acceptors (Lipinski definition) is 3. The highest BCUT2D eigenvalue weighted by Crippen LogP contribution is 2.26. The van der Waals surface area contributed by atoms with Crippen LogP contribution in [0.2, 0.25) is 0 Å². The number of hydrogen-bond donors (Lipinski definition) is 0. The van der Waals surface area contributed by atoms with Crippen LogP contribution in [0.3, 0.4) is 0 Å². The number of nitrogens with zero attached hydrogens (tertiary/aromatic N) is 2. The highest BCUT2D eigenvalue weighted by molar-refractivity contribution is 7.92. The zero-order chi connectivity index (χ0) is 15.6. The zero-order valence-electron chi connectivity index (χ0n) is 10.9. The average molecular weight is 308 g/mol. The van der Waals surface area contributed by atoms with E-state index in [2.05, 4.69) is 0 Å². The Morgan fingerprint density at radius 3 is 2.48 bits per heavy atom. The first-order valence-corrected chi connectivity index (χ1v) is 7.25. The van der Waals surface area contributed by atoms with Crippen LogP contribution < -0.4 is 4.31 Å². The Labute approximate surface area is 120 Å². The third kappa shape index (κ3) is 2.71. The minimum absolute atomic E-state index is 0.0867. The minimum atomic E-state index is -4.31. The molecule has 0 spiro atoms. The molecule has 0 amide bonds. The minimum Gasteiger partial charge on any atom is -0.268 e. The van der Waals surface area contributed by atoms with Crippen molar-refractivity contribution in [1.29, 1.82) is 5.26 Å². The second-order valence-electron chi connectivity index (χ2n) is 4.18. The smallest absolute Gasteiger partial charge is 0.267 e. The fourth-order valence-electron chi connectivity index (χ4n) is 1.79. The van der Waals surface area contributed by atoms with Gasteiger partial charge in [0.25, 0.3) is 10.0 Å². The van der Waals surface area contributed by atoms with Gasteiger partial charge in [0.05, 0.1) is 11.3 Å². The van der Waals surface area contributed by atoms with E-state index in [1.165, 1.54) is 19.2 Å². The first kappa shape index (κ1) is 14.9. The van der Waals surface area contributed by atoms with E-state index >= 15 is 0 Å². The number of nitriles is 1. The lowest BCUT2D eigenvalue weighted by molar-refractivity contribution is 0.552. The topological polar surface area (TPSA) is 61.2 Å². The Morgan fingerprint density at radius 2 is 1.81 bits per heavy atom. The summed E-state index contributed by atoms with van der Waals surface area (Å²) in [5, 5.41) is 9.00. The van der Waals surface area contributed by atoms with Crippen molar-refractivity contribution in [3.8, 4) is 6.07 Å². The van der Waals surface area contributed by atoms with Crippen LogP contribution in [0, 0.1) is 23.0 Å². The van der Waals surface area contributed by atoms with Crippen LogP contribution in [-0.4, -0.2) is 15.5 Å². The highest BCUT2D eigenvalue weighted by atomic mass is 32.2. The fraction of sp³-hybridized carbons (Fsp3) is 0.0714. The van der Waals surface area contributed by atoms with Crippen molar-refractivity contribution >= 4 is 15.7 Å². The summed E-state index contributed by atoms with van der Waals surface area (Å²) in [5.74, 6) is -1.92. The van der Waals surface area contributed by atoms with Crippen molar-refractivity contribution in [3.63, 3.8) is 0 Å². The molecule has 0 fully saturated rings. The van der Waals surface area contributed by atoms with Gasteiger partial charge < -0.3 is 0 Å². The molecule has 0 saturated carbocycles. The maximum atomic E-state index is 13.7. The molecule has 21 heavy (non-hydrogen) atoms. The van der Waals surface area contributed by atoms with Gasteiger partial charge in [0.1, 0.15) is 22.6 Å². The van der Waals surface area contributed by atoms with E-state index in [-0.39, 0.29) is 11.3 Å². The van der Waals surface area contributed by atoms with Crippen LogP contribution in [0.1, 0.15) is 5.56 Å². The van der Waals surface area contributed by atoms with Crippen molar-refractivity contribution in [3.05, 3.63) is 59.7 Å². The van der Waals surface area contributed by atoms with Gasteiger partial charge in [0, 0.05) is 7.05 Å². The second kappa shape index (κ2) is 5.50. The summed E-state index contributed by atoms with van der Waals surface area (Å²) >= 11 is 0. The molecule has 2 aromatic carbocycles. The van der Waals surface area contributed by atoms with Crippen LogP contribution in [-0.2, 0) is 10.0 Å². The van der Waals surface area contributed by atoms with Crippen molar-refractivity contribution < 1.29 is 17.2 Å². The summed E-state index contributed by atoms with van der Waals surface area (Å²) in [6.45, 7) is 0. The molecule has 0 unspecified atom stereocenters. The fourth-order valence-corrected chi connectivity index (χ4v) is 3.08. The quantitative estimate of drug-likeness (QED) is 0.876. The molecule has 108 valence electrons. The first-order valence-electron chi connectivity index (χ1n) is 5.81. The molecular weight excluding hydrogens is 298 g/mol. The predicted octanol–water partition coefficient (Wildman–Crippen LogP) is 2.66. The van der Waals surface area contributed by atoms with E-state index in [1.54, 1.807) is 12.1 Å². The SMILES string of the molecule is CN(c1ccccc1C#N)S(=O)(=O)c1cc(F)ccc1F. The van der Waals surface area contributed by atoms with Crippen molar-refractivity contribution in [2.75, 3.05) is 11.4 Å². The van der Waals surface area contributed by atoms with Gasteiger partial charge in [-0.15, -0.1) is 0 Å². The van der Waals surface area contributed by atoms with Gasteiger partial charge >= 0.3 is 0 Å². The number of benzene rings is 2. The molecule has 2 rings (SSSR count). The lowest BCUT2D eigenvalue weighted by atomic mass is 10.2. The van der Waals surface area contributed by atoms with Crippen LogP contribution in [0.15, 0.2) is 47.4 Å². The van der Waals surface area contributed by atoms with Crippen LogP contribution in [0.25, 0.3) is 0 Å². The predicted molar refractivity (Wildman–Crippen MR) is 73.1 cm³/mol. The summed E-state index contributed by atoms with van der Waals surface area (Å²) in [5.41, 5.74) is 0.198. The summed E-state index contributed by atoms with van der Waals surface area (Å²) < 4.78 is 52.4. The number of para-hydroxylation sites is 1. The Balaban J connectivity index is 2.59. The zero-order valence-corrected chi connectivity index (χ0v) is 11.7. The summed E-state index contributed by atoms with van der Waals surface area (Å²) in [7, 11) is -3.13. The first-order chi connectivity index (χ1) is 9.87. The summed E-state index contributed by atoms with van der Waals surface area (Å²) in [4.78, 5) is -0.780. The van der Waals surface area contributed by atoms with Gasteiger partial charge in [0.15, 0.2) is 0 Å². The van der Waals surface area contributed by atoms with Gasteiger partial charge in [-0.3, -0.25) is 4.31 Å². The molecule has 0 aliphatic heterocycles. The number of rotatable bonds is 3. The Kier molecular flexibility index (Phi) is 3.91. The summed E-state index contributed by atoms with van der Waals surface area (Å²) in [6, 6.07) is 10.00. The van der Waals surface area contributed by atoms with Gasteiger partial charge in [0.2, 0.25) is 0 Å². The van der Waals surface area contributed by atoms with E-state index in [1.807, 2.05) is 6.07 Å². The number of halogens is 2. The molecule has 0 bridgehead atoms. The van der Waals surface area contributed by atoms with Crippen LogP contribution in [0.4, 0.5) is 14.5 Å². The van der Waals surface area contributed by atoms with E-state index < -0.39 is 26.6 Å². The molecule has 0 aliphatic rings. The van der Waals surface area contributed by atoms with Crippen LogP contribution in [0.5, 0.6) is 0 Å². The molecular formula is C14H10F2N2O2S. The van der Waals surface area contributed by atoms with Crippen molar-refractivity contribution in [2.45, 2.75) is 4.90 Å². The Morgan fingerprint density at radius 1 is 1.14 bits per heavy atom. The lowest BCUT2D eigenvalue weighted by Crippen LogP contribution is -2.28. The van der Waals surface area contributed by atoms with Gasteiger partial charge in [-0.25, -0.2) is 17.2 Å². The van der Waals surface area contributed by atoms with Gasteiger partial charge in [-0.05, 0) is 30.3 Å². The van der Waals surface area contributed by atoms with Crippen molar-refractivity contribution in [1.82, 2.24) is 0 Å². The Hall–Kier alpha value is -2.46.